The number of hydrogen-bond acceptors (Lipinski definition) is 5. The maximum absolute atomic E-state index is 11.6. The molecule has 0 spiro atoms. The average Bonchev–Trinajstić information content (AvgIpc) is 2.42. The Morgan fingerprint density at radius 2 is 2.05 bits per heavy atom. The van der Waals surface area contributed by atoms with E-state index >= 15 is 0 Å². The minimum atomic E-state index is -3.81. The van der Waals surface area contributed by atoms with Gasteiger partial charge >= 0.3 is 0 Å². The molecule has 0 amide bonds. The number of benzene rings is 1. The van der Waals surface area contributed by atoms with Crippen LogP contribution in [0.5, 0.6) is 5.75 Å². The summed E-state index contributed by atoms with van der Waals surface area (Å²) < 4.78 is 28.9. The zero-order chi connectivity index (χ0) is 15.5. The van der Waals surface area contributed by atoms with Crippen molar-refractivity contribution in [3.63, 3.8) is 0 Å². The van der Waals surface area contributed by atoms with Gasteiger partial charge in [-0.1, -0.05) is 0 Å². The lowest BCUT2D eigenvalue weighted by atomic mass is 10.2. The molecule has 2 rings (SSSR count). The van der Waals surface area contributed by atoms with Crippen molar-refractivity contribution < 1.29 is 13.2 Å². The summed E-state index contributed by atoms with van der Waals surface area (Å²) in [4.78, 5) is 6.33. The fraction of sp³-hybridized carbons (Fsp3) is 0.357. The van der Waals surface area contributed by atoms with Gasteiger partial charge in [0.25, 0.3) is 9.05 Å². The molecule has 0 bridgehead atoms. The van der Waals surface area contributed by atoms with Gasteiger partial charge in [-0.3, -0.25) is 4.98 Å². The third-order valence-corrected chi connectivity index (χ3v) is 4.34. The highest BCUT2D eigenvalue weighted by atomic mass is 35.7. The summed E-state index contributed by atoms with van der Waals surface area (Å²) in [5.41, 5.74) is 0.504. The molecule has 1 heterocycles. The van der Waals surface area contributed by atoms with E-state index in [-0.39, 0.29) is 4.90 Å². The monoisotopic (exact) mass is 328 g/mol. The number of ether oxygens (including phenoxy) is 1. The lowest BCUT2D eigenvalue weighted by Gasteiger charge is -2.12. The summed E-state index contributed by atoms with van der Waals surface area (Å²) in [5.74, 6) is 0.563. The first-order chi connectivity index (χ1) is 9.89. The predicted octanol–water partition coefficient (Wildman–Crippen LogP) is 2.49. The van der Waals surface area contributed by atoms with E-state index in [1.165, 1.54) is 6.07 Å². The molecule has 0 N–H and O–H groups in total. The van der Waals surface area contributed by atoms with Crippen LogP contribution in [0, 0.1) is 0 Å². The van der Waals surface area contributed by atoms with Gasteiger partial charge in [-0.05, 0) is 44.8 Å². The van der Waals surface area contributed by atoms with Gasteiger partial charge in [-0.2, -0.15) is 0 Å². The van der Waals surface area contributed by atoms with Crippen LogP contribution in [0.1, 0.15) is 6.42 Å². The molecule has 0 aliphatic carbocycles. The van der Waals surface area contributed by atoms with Crippen LogP contribution < -0.4 is 4.74 Å². The highest BCUT2D eigenvalue weighted by Gasteiger charge is 2.17. The number of nitrogens with zero attached hydrogens (tertiary/aromatic N) is 2. The SMILES string of the molecule is CN(C)CCCOc1ccc(S(=O)(=O)Cl)c2cccnc12. The van der Waals surface area contributed by atoms with Crippen LogP contribution in [0.15, 0.2) is 35.4 Å². The third-order valence-electron chi connectivity index (χ3n) is 2.96. The summed E-state index contributed by atoms with van der Waals surface area (Å²) in [7, 11) is 5.63. The maximum atomic E-state index is 11.6. The molecule has 0 saturated heterocycles. The fourth-order valence-electron chi connectivity index (χ4n) is 2.01. The van der Waals surface area contributed by atoms with E-state index < -0.39 is 9.05 Å². The van der Waals surface area contributed by atoms with E-state index in [0.717, 1.165) is 13.0 Å². The minimum Gasteiger partial charge on any atom is -0.491 e. The highest BCUT2D eigenvalue weighted by molar-refractivity contribution is 8.14. The van der Waals surface area contributed by atoms with E-state index in [1.807, 2.05) is 14.1 Å². The van der Waals surface area contributed by atoms with Gasteiger partial charge in [0.2, 0.25) is 0 Å². The standard InChI is InChI=1S/C14H17ClN2O3S/c1-17(2)9-4-10-20-12-6-7-13(21(15,18)19)11-5-3-8-16-14(11)12/h3,5-8H,4,9-10H2,1-2H3. The normalized spacial score (nSPS) is 12.0. The van der Waals surface area contributed by atoms with Crippen LogP contribution in [0.25, 0.3) is 10.9 Å². The van der Waals surface area contributed by atoms with Crippen molar-refractivity contribution in [3.8, 4) is 5.75 Å². The predicted molar refractivity (Wildman–Crippen MR) is 83.4 cm³/mol. The van der Waals surface area contributed by atoms with Crippen LogP contribution in [0.2, 0.25) is 0 Å². The Morgan fingerprint density at radius 3 is 2.71 bits per heavy atom. The van der Waals surface area contributed by atoms with Crippen LogP contribution in [0.3, 0.4) is 0 Å². The van der Waals surface area contributed by atoms with Crippen molar-refractivity contribution in [2.75, 3.05) is 27.2 Å². The lowest BCUT2D eigenvalue weighted by molar-refractivity contribution is 0.283. The Bertz CT molecular complexity index is 732. The second kappa shape index (κ2) is 6.60. The Labute approximate surface area is 128 Å². The number of fused-ring (bicyclic) bond motifs is 1. The largest absolute Gasteiger partial charge is 0.491 e. The molecule has 2 aromatic rings. The topological polar surface area (TPSA) is 59.5 Å². The molecule has 0 aliphatic heterocycles. The minimum absolute atomic E-state index is 0.0490. The molecule has 114 valence electrons. The van der Waals surface area contributed by atoms with E-state index in [1.54, 1.807) is 24.4 Å². The fourth-order valence-corrected chi connectivity index (χ4v) is 3.07. The number of aromatic nitrogens is 1. The van der Waals surface area contributed by atoms with E-state index in [2.05, 4.69) is 9.88 Å². The van der Waals surface area contributed by atoms with Gasteiger partial charge in [-0.15, -0.1) is 0 Å². The van der Waals surface area contributed by atoms with Crippen LogP contribution >= 0.6 is 10.7 Å². The first-order valence-corrected chi connectivity index (χ1v) is 8.80. The van der Waals surface area contributed by atoms with E-state index in [0.29, 0.717) is 23.3 Å². The molecule has 21 heavy (non-hydrogen) atoms. The van der Waals surface area contributed by atoms with Gasteiger partial charge < -0.3 is 9.64 Å². The Morgan fingerprint density at radius 1 is 1.29 bits per heavy atom. The Balaban J connectivity index is 2.31. The molecular formula is C14H17ClN2O3S. The molecule has 7 heteroatoms. The van der Waals surface area contributed by atoms with Crippen LogP contribution in [-0.4, -0.2) is 45.5 Å². The maximum Gasteiger partial charge on any atom is 0.261 e. The van der Waals surface area contributed by atoms with Crippen molar-refractivity contribution in [1.29, 1.82) is 0 Å². The molecule has 0 radical (unpaired) electrons. The summed E-state index contributed by atoms with van der Waals surface area (Å²) in [5, 5.41) is 0.470. The molecule has 0 unspecified atom stereocenters. The molecular weight excluding hydrogens is 312 g/mol. The van der Waals surface area contributed by atoms with Gasteiger partial charge in [0.15, 0.2) is 0 Å². The molecule has 1 aromatic carbocycles. The number of hydrogen-bond donors (Lipinski definition) is 0. The zero-order valence-electron chi connectivity index (χ0n) is 11.9. The quantitative estimate of drug-likeness (QED) is 0.602. The van der Waals surface area contributed by atoms with Crippen molar-refractivity contribution >= 4 is 30.6 Å². The summed E-state index contributed by atoms with van der Waals surface area (Å²) in [6.45, 7) is 1.45. The summed E-state index contributed by atoms with van der Waals surface area (Å²) in [6, 6.07) is 6.39. The highest BCUT2D eigenvalue weighted by Crippen LogP contribution is 2.31. The number of rotatable bonds is 6. The van der Waals surface area contributed by atoms with Crippen LogP contribution in [-0.2, 0) is 9.05 Å². The van der Waals surface area contributed by atoms with Crippen molar-refractivity contribution in [2.45, 2.75) is 11.3 Å². The Hall–Kier alpha value is -1.37. The van der Waals surface area contributed by atoms with Crippen molar-refractivity contribution in [1.82, 2.24) is 9.88 Å². The molecule has 0 aliphatic rings. The Kier molecular flexibility index (Phi) is 5.03. The average molecular weight is 329 g/mol. The summed E-state index contributed by atoms with van der Waals surface area (Å²) in [6.07, 6.45) is 2.47. The van der Waals surface area contributed by atoms with E-state index in [9.17, 15) is 8.42 Å². The second-order valence-corrected chi connectivity index (χ2v) is 7.44. The summed E-state index contributed by atoms with van der Waals surface area (Å²) >= 11 is 0. The zero-order valence-corrected chi connectivity index (χ0v) is 13.5. The van der Waals surface area contributed by atoms with Gasteiger partial charge in [0.05, 0.1) is 11.5 Å². The molecule has 0 saturated carbocycles. The molecule has 5 nitrogen and oxygen atoms in total. The van der Waals surface area contributed by atoms with Crippen molar-refractivity contribution in [2.24, 2.45) is 0 Å². The third kappa shape index (κ3) is 4.06. The van der Waals surface area contributed by atoms with Crippen molar-refractivity contribution in [3.05, 3.63) is 30.5 Å². The molecule has 0 atom stereocenters. The number of pyridine rings is 1. The molecule has 0 fully saturated rings. The molecule has 1 aromatic heterocycles. The van der Waals surface area contributed by atoms with Gasteiger partial charge in [0.1, 0.15) is 11.3 Å². The number of halogens is 1. The lowest BCUT2D eigenvalue weighted by Crippen LogP contribution is -2.15. The van der Waals surface area contributed by atoms with Gasteiger partial charge in [0, 0.05) is 28.8 Å². The second-order valence-electron chi connectivity index (χ2n) is 4.90. The van der Waals surface area contributed by atoms with Crippen LogP contribution in [0.4, 0.5) is 0 Å². The van der Waals surface area contributed by atoms with E-state index in [4.69, 9.17) is 15.4 Å². The van der Waals surface area contributed by atoms with Gasteiger partial charge in [-0.25, -0.2) is 8.42 Å². The smallest absolute Gasteiger partial charge is 0.261 e. The first kappa shape index (κ1) is 16.0. The first-order valence-electron chi connectivity index (χ1n) is 6.49.